The van der Waals surface area contributed by atoms with Gasteiger partial charge in [0.1, 0.15) is 18.2 Å². The first-order valence-electron chi connectivity index (χ1n) is 8.00. The van der Waals surface area contributed by atoms with E-state index in [0.29, 0.717) is 38.0 Å². The van der Waals surface area contributed by atoms with Gasteiger partial charge in [0.2, 0.25) is 0 Å². The normalized spacial score (nSPS) is 20.8. The summed E-state index contributed by atoms with van der Waals surface area (Å²) in [4.78, 5) is 2.30. The number of hydrogen-bond donors (Lipinski definition) is 1. The van der Waals surface area contributed by atoms with E-state index in [1.807, 2.05) is 0 Å². The minimum Gasteiger partial charge on any atom is -0.491 e. The second-order valence-corrected chi connectivity index (χ2v) is 6.04. The van der Waals surface area contributed by atoms with Crippen LogP contribution in [0.25, 0.3) is 0 Å². The van der Waals surface area contributed by atoms with E-state index in [9.17, 15) is 9.50 Å². The molecule has 5 heteroatoms. The molecule has 0 unspecified atom stereocenters. The number of aliphatic hydroxyl groups excluding tert-OH is 1. The summed E-state index contributed by atoms with van der Waals surface area (Å²) < 4.78 is 23.6. The maximum absolute atomic E-state index is 12.7. The van der Waals surface area contributed by atoms with Crippen LogP contribution in [0.3, 0.4) is 0 Å². The zero-order chi connectivity index (χ0) is 15.8. The van der Waals surface area contributed by atoms with Crippen LogP contribution in [0.5, 0.6) is 5.75 Å². The standard InChI is InChI=1S/C17H26FNO3/c1-14-3-2-8-19(11-14)12-16(20)13-21-9-10-22-17-6-4-15(18)5-7-17/h4-7,14,16,20H,2-3,8-13H2,1H3/t14-,16-/m0/s1. The molecule has 22 heavy (non-hydrogen) atoms. The van der Waals surface area contributed by atoms with Crippen LogP contribution in [-0.4, -0.2) is 55.6 Å². The first-order valence-corrected chi connectivity index (χ1v) is 8.00. The highest BCUT2D eigenvalue weighted by atomic mass is 19.1. The fourth-order valence-corrected chi connectivity index (χ4v) is 2.77. The third-order valence-electron chi connectivity index (χ3n) is 3.83. The molecule has 2 rings (SSSR count). The molecule has 2 atom stereocenters. The fourth-order valence-electron chi connectivity index (χ4n) is 2.77. The van der Waals surface area contributed by atoms with Crippen LogP contribution in [0.1, 0.15) is 19.8 Å². The molecule has 1 N–H and O–H groups in total. The summed E-state index contributed by atoms with van der Waals surface area (Å²) in [5.74, 6) is 1.05. The topological polar surface area (TPSA) is 41.9 Å². The third kappa shape index (κ3) is 6.30. The van der Waals surface area contributed by atoms with Gasteiger partial charge in [-0.3, -0.25) is 0 Å². The maximum Gasteiger partial charge on any atom is 0.123 e. The molecule has 0 aliphatic carbocycles. The van der Waals surface area contributed by atoms with Crippen molar-refractivity contribution < 1.29 is 19.0 Å². The van der Waals surface area contributed by atoms with Crippen molar-refractivity contribution >= 4 is 0 Å². The number of halogens is 1. The van der Waals surface area contributed by atoms with Gasteiger partial charge < -0.3 is 19.5 Å². The average molecular weight is 311 g/mol. The molecule has 0 radical (unpaired) electrons. The van der Waals surface area contributed by atoms with Crippen LogP contribution in [0.15, 0.2) is 24.3 Å². The average Bonchev–Trinajstić information content (AvgIpc) is 2.49. The lowest BCUT2D eigenvalue weighted by Crippen LogP contribution is -2.40. The Hall–Kier alpha value is -1.17. The van der Waals surface area contributed by atoms with Crippen molar-refractivity contribution in [1.82, 2.24) is 4.90 Å². The van der Waals surface area contributed by atoms with Gasteiger partial charge in [-0.2, -0.15) is 0 Å². The van der Waals surface area contributed by atoms with Crippen molar-refractivity contribution in [2.24, 2.45) is 5.92 Å². The number of ether oxygens (including phenoxy) is 2. The lowest BCUT2D eigenvalue weighted by atomic mass is 10.0. The molecular formula is C17H26FNO3. The molecule has 4 nitrogen and oxygen atoms in total. The number of aliphatic hydroxyl groups is 1. The van der Waals surface area contributed by atoms with Crippen molar-refractivity contribution in [3.63, 3.8) is 0 Å². The van der Waals surface area contributed by atoms with E-state index in [2.05, 4.69) is 11.8 Å². The summed E-state index contributed by atoms with van der Waals surface area (Å²) in [6.07, 6.45) is 2.03. The number of likely N-dealkylation sites (tertiary alicyclic amines) is 1. The lowest BCUT2D eigenvalue weighted by Gasteiger charge is -2.32. The number of β-amino-alcohol motifs (C(OH)–C–C–N with tert-alkyl or cyclic N) is 1. The second kappa shape index (κ2) is 9.08. The van der Waals surface area contributed by atoms with Crippen LogP contribution >= 0.6 is 0 Å². The van der Waals surface area contributed by atoms with E-state index in [0.717, 1.165) is 13.1 Å². The molecular weight excluding hydrogens is 285 g/mol. The summed E-state index contributed by atoms with van der Waals surface area (Å²) in [6.45, 7) is 6.16. The van der Waals surface area contributed by atoms with Gasteiger partial charge in [-0.25, -0.2) is 4.39 Å². The predicted molar refractivity (Wildman–Crippen MR) is 83.6 cm³/mol. The van der Waals surface area contributed by atoms with Gasteiger partial charge in [-0.1, -0.05) is 6.92 Å². The highest BCUT2D eigenvalue weighted by molar-refractivity contribution is 5.21. The Morgan fingerprint density at radius 1 is 1.32 bits per heavy atom. The van der Waals surface area contributed by atoms with Crippen molar-refractivity contribution in [3.8, 4) is 5.75 Å². The third-order valence-corrected chi connectivity index (χ3v) is 3.83. The molecule has 1 fully saturated rings. The predicted octanol–water partition coefficient (Wildman–Crippen LogP) is 2.31. The molecule has 1 saturated heterocycles. The van der Waals surface area contributed by atoms with E-state index in [1.54, 1.807) is 12.1 Å². The molecule has 1 aromatic rings. The Balaban J connectivity index is 1.53. The number of nitrogens with zero attached hydrogens (tertiary/aromatic N) is 1. The minimum absolute atomic E-state index is 0.279. The van der Waals surface area contributed by atoms with Crippen LogP contribution in [0.4, 0.5) is 4.39 Å². The van der Waals surface area contributed by atoms with Crippen LogP contribution < -0.4 is 4.74 Å². The Morgan fingerprint density at radius 2 is 2.09 bits per heavy atom. The SMILES string of the molecule is C[C@H]1CCCN(C[C@H](O)COCCOc2ccc(F)cc2)C1. The molecule has 1 aliphatic rings. The highest BCUT2D eigenvalue weighted by Crippen LogP contribution is 2.15. The number of rotatable bonds is 8. The molecule has 0 bridgehead atoms. The second-order valence-electron chi connectivity index (χ2n) is 6.04. The van der Waals surface area contributed by atoms with E-state index < -0.39 is 6.10 Å². The van der Waals surface area contributed by atoms with Crippen LogP contribution in [-0.2, 0) is 4.74 Å². The minimum atomic E-state index is -0.462. The maximum atomic E-state index is 12.7. The molecule has 1 aliphatic heterocycles. The molecule has 0 saturated carbocycles. The van der Waals surface area contributed by atoms with Crippen molar-refractivity contribution in [1.29, 1.82) is 0 Å². The Kier molecular flexibility index (Phi) is 7.09. The summed E-state index contributed by atoms with van der Waals surface area (Å²) in [6, 6.07) is 5.89. The van der Waals surface area contributed by atoms with Gasteiger partial charge in [0.05, 0.1) is 19.3 Å². The first kappa shape index (κ1) is 17.2. The molecule has 124 valence electrons. The van der Waals surface area contributed by atoms with Crippen LogP contribution in [0, 0.1) is 11.7 Å². The van der Waals surface area contributed by atoms with E-state index >= 15 is 0 Å². The van der Waals surface area contributed by atoms with Crippen molar-refractivity contribution in [2.45, 2.75) is 25.9 Å². The Labute approximate surface area is 131 Å². The monoisotopic (exact) mass is 311 g/mol. The molecule has 0 amide bonds. The van der Waals surface area contributed by atoms with Gasteiger partial charge in [-0.15, -0.1) is 0 Å². The van der Waals surface area contributed by atoms with Gasteiger partial charge in [0.25, 0.3) is 0 Å². The lowest BCUT2D eigenvalue weighted by molar-refractivity contribution is 0.00222. The Bertz CT molecular complexity index is 426. The van der Waals surface area contributed by atoms with Crippen LogP contribution in [0.2, 0.25) is 0 Å². The zero-order valence-electron chi connectivity index (χ0n) is 13.2. The van der Waals surface area contributed by atoms with Crippen molar-refractivity contribution in [3.05, 3.63) is 30.1 Å². The number of piperidine rings is 1. The number of hydrogen-bond acceptors (Lipinski definition) is 4. The van der Waals surface area contributed by atoms with Gasteiger partial charge >= 0.3 is 0 Å². The van der Waals surface area contributed by atoms with Gasteiger partial charge in [0.15, 0.2) is 0 Å². The molecule has 0 aromatic heterocycles. The Morgan fingerprint density at radius 3 is 2.82 bits per heavy atom. The van der Waals surface area contributed by atoms with Gasteiger partial charge in [0, 0.05) is 13.1 Å². The first-order chi connectivity index (χ1) is 10.6. The van der Waals surface area contributed by atoms with E-state index in [-0.39, 0.29) is 5.82 Å². The van der Waals surface area contributed by atoms with Crippen molar-refractivity contribution in [2.75, 3.05) is 39.5 Å². The summed E-state index contributed by atoms with van der Waals surface area (Å²) in [5, 5.41) is 9.99. The van der Waals surface area contributed by atoms with E-state index in [4.69, 9.17) is 9.47 Å². The van der Waals surface area contributed by atoms with Gasteiger partial charge in [-0.05, 0) is 49.6 Å². The molecule has 1 aromatic carbocycles. The smallest absolute Gasteiger partial charge is 0.123 e. The number of benzene rings is 1. The van der Waals surface area contributed by atoms with E-state index in [1.165, 1.54) is 25.0 Å². The summed E-state index contributed by atoms with van der Waals surface area (Å²) >= 11 is 0. The quantitative estimate of drug-likeness (QED) is 0.748. The summed E-state index contributed by atoms with van der Waals surface area (Å²) in [7, 11) is 0. The molecule has 1 heterocycles. The largest absolute Gasteiger partial charge is 0.491 e. The molecule has 0 spiro atoms. The fraction of sp³-hybridized carbons (Fsp3) is 0.647. The highest BCUT2D eigenvalue weighted by Gasteiger charge is 2.18. The zero-order valence-corrected chi connectivity index (χ0v) is 13.2. The summed E-state index contributed by atoms with van der Waals surface area (Å²) in [5.41, 5.74) is 0.